The Bertz CT molecular complexity index is 124. The van der Waals surface area contributed by atoms with Crippen molar-refractivity contribution in [2.75, 3.05) is 13.1 Å². The maximum Gasteiger partial charge on any atom is 0.138 e. The number of nitrogens with zero attached hydrogens (tertiary/aromatic N) is 1. The molecular weight excluding hydrogens is 140 g/mol. The molecule has 1 aliphatic heterocycles. The van der Waals surface area contributed by atoms with Crippen LogP contribution in [0.25, 0.3) is 0 Å². The Kier molecular flexibility index (Phi) is 2.27. The monoisotopic (exact) mass is 148 g/mol. The van der Waals surface area contributed by atoms with Gasteiger partial charge in [-0.15, -0.1) is 0 Å². The first-order chi connectivity index (χ1) is 4.33. The number of hydrazine groups is 1. The summed E-state index contributed by atoms with van der Waals surface area (Å²) in [6.07, 6.45) is 0. The molecule has 1 aliphatic rings. The lowest BCUT2D eigenvalue weighted by molar-refractivity contribution is 0.681. The Morgan fingerprint density at radius 3 is 3.11 bits per heavy atom. The Labute approximate surface area is 58.4 Å². The second kappa shape index (κ2) is 3.00. The molecule has 1 heterocycles. The van der Waals surface area contributed by atoms with Crippen molar-refractivity contribution in [2.24, 2.45) is 10.8 Å². The molecule has 0 aromatic carbocycles. The molecular formula is C4H9ClN4. The van der Waals surface area contributed by atoms with Gasteiger partial charge in [-0.05, 0) is 0 Å². The highest BCUT2D eigenvalue weighted by atomic mass is 35.5. The van der Waals surface area contributed by atoms with E-state index >= 15 is 0 Å². The standard InChI is InChI=1S/C4H9ClN4/c5-3-1-7-2-4(8-3)9-6/h3,7H,1-2,6H2,(H,8,9). The molecule has 0 spiro atoms. The SMILES string of the molecule is NNC1=NC(Cl)CNC1. The van der Waals surface area contributed by atoms with Gasteiger partial charge in [0.25, 0.3) is 0 Å². The van der Waals surface area contributed by atoms with E-state index in [2.05, 4.69) is 15.7 Å². The molecule has 1 atom stereocenters. The van der Waals surface area contributed by atoms with Gasteiger partial charge >= 0.3 is 0 Å². The van der Waals surface area contributed by atoms with Gasteiger partial charge in [0.2, 0.25) is 0 Å². The highest BCUT2D eigenvalue weighted by molar-refractivity contribution is 6.21. The van der Waals surface area contributed by atoms with Crippen LogP contribution in [0.5, 0.6) is 0 Å². The Morgan fingerprint density at radius 2 is 2.67 bits per heavy atom. The number of rotatable bonds is 0. The van der Waals surface area contributed by atoms with E-state index in [0.717, 1.165) is 0 Å². The number of nitrogens with one attached hydrogen (secondary N) is 2. The molecule has 52 valence electrons. The quantitative estimate of drug-likeness (QED) is 0.179. The summed E-state index contributed by atoms with van der Waals surface area (Å²) in [5, 5.41) is 3.03. The predicted octanol–water partition coefficient (Wildman–Crippen LogP) is -0.984. The van der Waals surface area contributed by atoms with Gasteiger partial charge in [0, 0.05) is 6.54 Å². The number of amidine groups is 1. The summed E-state index contributed by atoms with van der Waals surface area (Å²) in [6.45, 7) is 1.40. The summed E-state index contributed by atoms with van der Waals surface area (Å²) in [7, 11) is 0. The average Bonchev–Trinajstić information content (AvgIpc) is 1.88. The van der Waals surface area contributed by atoms with Crippen LogP contribution in [0.4, 0.5) is 0 Å². The minimum atomic E-state index is -0.176. The molecule has 0 aromatic heterocycles. The van der Waals surface area contributed by atoms with Crippen molar-refractivity contribution in [3.8, 4) is 0 Å². The fraction of sp³-hybridized carbons (Fsp3) is 0.750. The van der Waals surface area contributed by atoms with Crippen molar-refractivity contribution < 1.29 is 0 Å². The number of halogens is 1. The summed E-state index contributed by atoms with van der Waals surface area (Å²) in [6, 6.07) is 0. The number of aliphatic imine (C=N–C) groups is 1. The zero-order valence-corrected chi connectivity index (χ0v) is 5.65. The molecule has 0 aromatic rings. The van der Waals surface area contributed by atoms with Gasteiger partial charge in [-0.3, -0.25) is 0 Å². The molecule has 1 rings (SSSR count). The van der Waals surface area contributed by atoms with Gasteiger partial charge in [-0.25, -0.2) is 10.8 Å². The van der Waals surface area contributed by atoms with E-state index < -0.39 is 0 Å². The van der Waals surface area contributed by atoms with Gasteiger partial charge in [0.1, 0.15) is 11.3 Å². The van der Waals surface area contributed by atoms with Crippen molar-refractivity contribution >= 4 is 17.4 Å². The Balaban J connectivity index is 2.49. The molecule has 4 N–H and O–H groups in total. The van der Waals surface area contributed by atoms with Crippen LogP contribution < -0.4 is 16.6 Å². The lowest BCUT2D eigenvalue weighted by atomic mass is 10.4. The maximum absolute atomic E-state index is 5.64. The second-order valence-corrected chi connectivity index (χ2v) is 2.29. The molecule has 4 nitrogen and oxygen atoms in total. The second-order valence-electron chi connectivity index (χ2n) is 1.79. The molecule has 0 aliphatic carbocycles. The molecule has 0 amide bonds. The summed E-state index contributed by atoms with van der Waals surface area (Å²) >= 11 is 5.64. The lowest BCUT2D eigenvalue weighted by Crippen LogP contribution is -2.44. The average molecular weight is 149 g/mol. The third-order valence-corrected chi connectivity index (χ3v) is 1.32. The third kappa shape index (κ3) is 1.82. The van der Waals surface area contributed by atoms with E-state index in [1.165, 1.54) is 0 Å². The number of hydrogen-bond acceptors (Lipinski definition) is 4. The number of nitrogens with two attached hydrogens (primary N) is 1. The highest BCUT2D eigenvalue weighted by Gasteiger charge is 2.09. The Morgan fingerprint density at radius 1 is 1.89 bits per heavy atom. The molecule has 0 radical (unpaired) electrons. The van der Waals surface area contributed by atoms with E-state index in [1.54, 1.807) is 0 Å². The zero-order valence-electron chi connectivity index (χ0n) is 4.89. The van der Waals surface area contributed by atoms with Gasteiger partial charge in [-0.1, -0.05) is 11.6 Å². The maximum atomic E-state index is 5.64. The topological polar surface area (TPSA) is 62.4 Å². The minimum Gasteiger partial charge on any atom is -0.311 e. The predicted molar refractivity (Wildman–Crippen MR) is 37.3 cm³/mol. The lowest BCUT2D eigenvalue weighted by Gasteiger charge is -2.15. The van der Waals surface area contributed by atoms with E-state index in [1.807, 2.05) is 0 Å². The van der Waals surface area contributed by atoms with Crippen molar-refractivity contribution in [3.63, 3.8) is 0 Å². The number of hydrogen-bond donors (Lipinski definition) is 3. The summed E-state index contributed by atoms with van der Waals surface area (Å²) in [5.74, 6) is 5.80. The van der Waals surface area contributed by atoms with E-state index in [9.17, 15) is 0 Å². The molecule has 0 bridgehead atoms. The first kappa shape index (κ1) is 6.80. The van der Waals surface area contributed by atoms with Gasteiger partial charge in [0.05, 0.1) is 6.54 Å². The first-order valence-electron chi connectivity index (χ1n) is 2.71. The van der Waals surface area contributed by atoms with Crippen LogP contribution in [0.3, 0.4) is 0 Å². The van der Waals surface area contributed by atoms with Gasteiger partial charge in [0.15, 0.2) is 0 Å². The van der Waals surface area contributed by atoms with Crippen LogP contribution in [0, 0.1) is 0 Å². The fourth-order valence-corrected chi connectivity index (χ4v) is 0.885. The summed E-state index contributed by atoms with van der Waals surface area (Å²) in [4.78, 5) is 3.98. The normalized spacial score (nSPS) is 27.3. The minimum absolute atomic E-state index is 0.176. The smallest absolute Gasteiger partial charge is 0.138 e. The molecule has 5 heteroatoms. The largest absolute Gasteiger partial charge is 0.311 e. The van der Waals surface area contributed by atoms with Crippen LogP contribution in [0.1, 0.15) is 0 Å². The van der Waals surface area contributed by atoms with Crippen LogP contribution in [0.15, 0.2) is 4.99 Å². The first-order valence-corrected chi connectivity index (χ1v) is 3.14. The van der Waals surface area contributed by atoms with Gasteiger partial charge in [-0.2, -0.15) is 0 Å². The van der Waals surface area contributed by atoms with Crippen LogP contribution in [-0.4, -0.2) is 24.4 Å². The Hall–Kier alpha value is -0.320. The van der Waals surface area contributed by atoms with E-state index in [4.69, 9.17) is 17.4 Å². The molecule has 0 saturated heterocycles. The van der Waals surface area contributed by atoms with E-state index in [0.29, 0.717) is 18.9 Å². The van der Waals surface area contributed by atoms with Crippen molar-refractivity contribution in [3.05, 3.63) is 0 Å². The zero-order chi connectivity index (χ0) is 6.69. The highest BCUT2D eigenvalue weighted by Crippen LogP contribution is 1.98. The van der Waals surface area contributed by atoms with Crippen LogP contribution >= 0.6 is 11.6 Å². The molecule has 0 fully saturated rings. The summed E-state index contributed by atoms with van der Waals surface area (Å²) in [5.41, 5.74) is 2.26. The van der Waals surface area contributed by atoms with E-state index in [-0.39, 0.29) is 5.50 Å². The van der Waals surface area contributed by atoms with Crippen molar-refractivity contribution in [1.29, 1.82) is 0 Å². The van der Waals surface area contributed by atoms with Crippen LogP contribution in [-0.2, 0) is 0 Å². The third-order valence-electron chi connectivity index (χ3n) is 1.07. The number of alkyl halides is 1. The van der Waals surface area contributed by atoms with Crippen molar-refractivity contribution in [2.45, 2.75) is 5.50 Å². The molecule has 1 unspecified atom stereocenters. The summed E-state index contributed by atoms with van der Waals surface area (Å²) < 4.78 is 0. The molecule has 0 saturated carbocycles. The van der Waals surface area contributed by atoms with Crippen molar-refractivity contribution in [1.82, 2.24) is 10.7 Å². The molecule has 9 heavy (non-hydrogen) atoms. The van der Waals surface area contributed by atoms with Crippen LogP contribution in [0.2, 0.25) is 0 Å². The fourth-order valence-electron chi connectivity index (χ4n) is 0.658. The van der Waals surface area contributed by atoms with Gasteiger partial charge < -0.3 is 10.7 Å².